The first-order chi connectivity index (χ1) is 11.2. The van der Waals surface area contributed by atoms with Crippen molar-refractivity contribution >= 4 is 18.3 Å². The zero-order valence-electron chi connectivity index (χ0n) is 13.7. The lowest BCUT2D eigenvalue weighted by atomic mass is 10.0. The van der Waals surface area contributed by atoms with Crippen molar-refractivity contribution < 1.29 is 4.79 Å². The number of amides is 1. The van der Waals surface area contributed by atoms with Crippen molar-refractivity contribution in [2.45, 2.75) is 38.3 Å². The molecule has 2 aliphatic heterocycles. The number of halogens is 1. The number of rotatable bonds is 2. The number of aromatic nitrogens is 3. The molecule has 1 aromatic carbocycles. The topological polar surface area (TPSA) is 63.1 Å². The van der Waals surface area contributed by atoms with Crippen LogP contribution in [0.5, 0.6) is 0 Å². The van der Waals surface area contributed by atoms with Crippen LogP contribution >= 0.6 is 12.4 Å². The second kappa shape index (κ2) is 6.91. The number of nitrogens with one attached hydrogen (secondary N) is 1. The third-order valence-electron chi connectivity index (χ3n) is 4.93. The van der Waals surface area contributed by atoms with E-state index in [0.29, 0.717) is 12.1 Å². The van der Waals surface area contributed by atoms with Gasteiger partial charge in [0.25, 0.3) is 5.91 Å². The van der Waals surface area contributed by atoms with Gasteiger partial charge in [0.2, 0.25) is 0 Å². The number of hydrogen-bond acceptors (Lipinski definition) is 4. The second-order valence-corrected chi connectivity index (χ2v) is 6.52. The number of nitrogens with zero attached hydrogens (tertiary/aromatic N) is 4. The van der Waals surface area contributed by atoms with Gasteiger partial charge in [-0.05, 0) is 49.9 Å². The third kappa shape index (κ3) is 3.16. The Balaban J connectivity index is 0.00000169. The molecule has 1 amide bonds. The zero-order chi connectivity index (χ0) is 15.8. The first kappa shape index (κ1) is 16.9. The Morgan fingerprint density at radius 3 is 2.83 bits per heavy atom. The van der Waals surface area contributed by atoms with Crippen LogP contribution in [0.25, 0.3) is 5.69 Å². The lowest BCUT2D eigenvalue weighted by Crippen LogP contribution is -2.39. The van der Waals surface area contributed by atoms with Gasteiger partial charge >= 0.3 is 0 Å². The Labute approximate surface area is 147 Å². The minimum absolute atomic E-state index is 0. The van der Waals surface area contributed by atoms with E-state index in [1.54, 1.807) is 11.0 Å². The smallest absolute Gasteiger partial charge is 0.254 e. The maximum atomic E-state index is 12.9. The summed E-state index contributed by atoms with van der Waals surface area (Å²) in [7, 11) is 0. The molecule has 2 bridgehead atoms. The summed E-state index contributed by atoms with van der Waals surface area (Å²) in [5.74, 6) is 0.141. The molecule has 24 heavy (non-hydrogen) atoms. The highest BCUT2D eigenvalue weighted by atomic mass is 35.5. The Bertz CT molecular complexity index is 718. The van der Waals surface area contributed by atoms with E-state index in [-0.39, 0.29) is 18.3 Å². The maximum absolute atomic E-state index is 12.9. The van der Waals surface area contributed by atoms with Gasteiger partial charge in [0, 0.05) is 30.7 Å². The summed E-state index contributed by atoms with van der Waals surface area (Å²) in [5, 5.41) is 7.75. The molecule has 2 aliphatic rings. The molecule has 1 N–H and O–H groups in total. The Hall–Kier alpha value is -1.92. The molecule has 0 saturated carbocycles. The Kier molecular flexibility index (Phi) is 4.87. The van der Waals surface area contributed by atoms with Crippen molar-refractivity contribution in [3.05, 3.63) is 42.0 Å². The fourth-order valence-electron chi connectivity index (χ4n) is 3.67. The largest absolute Gasteiger partial charge is 0.337 e. The van der Waals surface area contributed by atoms with Crippen molar-refractivity contribution in [2.75, 3.05) is 13.1 Å². The maximum Gasteiger partial charge on any atom is 0.254 e. The number of aryl methyl sites for hydroxylation is 1. The molecular weight excluding hydrogens is 326 g/mol. The standard InChI is InChI=1S/C17H21N5O.ClH/c1-12-8-15(22-11-18-10-19-22)4-5-16(12)17(23)21-7-6-13-2-3-14(9-21)20-13;/h4-5,8,10-11,13-14,20H,2-3,6-7,9H2,1H3;1H. The number of likely N-dealkylation sites (tertiary alicyclic amines) is 1. The molecule has 0 radical (unpaired) electrons. The number of carbonyl (C=O) groups is 1. The molecule has 3 heterocycles. The minimum atomic E-state index is 0. The minimum Gasteiger partial charge on any atom is -0.337 e. The summed E-state index contributed by atoms with van der Waals surface area (Å²) in [5.41, 5.74) is 2.69. The van der Waals surface area contributed by atoms with E-state index in [2.05, 4.69) is 15.4 Å². The van der Waals surface area contributed by atoms with Crippen LogP contribution in [0.2, 0.25) is 0 Å². The van der Waals surface area contributed by atoms with Gasteiger partial charge in [0.15, 0.2) is 0 Å². The monoisotopic (exact) mass is 347 g/mol. The van der Waals surface area contributed by atoms with Crippen LogP contribution in [-0.2, 0) is 0 Å². The first-order valence-electron chi connectivity index (χ1n) is 8.21. The van der Waals surface area contributed by atoms with E-state index in [0.717, 1.165) is 36.3 Å². The van der Waals surface area contributed by atoms with Gasteiger partial charge < -0.3 is 10.2 Å². The summed E-state index contributed by atoms with van der Waals surface area (Å²) >= 11 is 0. The van der Waals surface area contributed by atoms with Crippen LogP contribution < -0.4 is 5.32 Å². The molecule has 2 fully saturated rings. The van der Waals surface area contributed by atoms with E-state index in [9.17, 15) is 4.79 Å². The third-order valence-corrected chi connectivity index (χ3v) is 4.93. The summed E-state index contributed by atoms with van der Waals surface area (Å²) in [4.78, 5) is 18.9. The first-order valence-corrected chi connectivity index (χ1v) is 8.21. The van der Waals surface area contributed by atoms with E-state index in [4.69, 9.17) is 0 Å². The predicted molar refractivity (Wildman–Crippen MR) is 93.8 cm³/mol. The van der Waals surface area contributed by atoms with E-state index < -0.39 is 0 Å². The van der Waals surface area contributed by atoms with Crippen LogP contribution in [0.15, 0.2) is 30.9 Å². The van der Waals surface area contributed by atoms with Crippen molar-refractivity contribution in [1.29, 1.82) is 0 Å². The average Bonchev–Trinajstić information content (AvgIpc) is 3.16. The van der Waals surface area contributed by atoms with E-state index >= 15 is 0 Å². The van der Waals surface area contributed by atoms with Gasteiger partial charge in [-0.3, -0.25) is 4.79 Å². The number of hydrogen-bond donors (Lipinski definition) is 1. The fraction of sp³-hybridized carbons (Fsp3) is 0.471. The highest BCUT2D eigenvalue weighted by Crippen LogP contribution is 2.23. The van der Waals surface area contributed by atoms with Gasteiger partial charge in [-0.25, -0.2) is 9.67 Å². The zero-order valence-corrected chi connectivity index (χ0v) is 14.5. The molecule has 1 aromatic heterocycles. The lowest BCUT2D eigenvalue weighted by Gasteiger charge is -2.25. The molecule has 2 aromatic rings. The molecule has 0 spiro atoms. The lowest BCUT2D eigenvalue weighted by molar-refractivity contribution is 0.0747. The van der Waals surface area contributed by atoms with Crippen molar-refractivity contribution in [2.24, 2.45) is 0 Å². The molecule has 0 aliphatic carbocycles. The highest BCUT2D eigenvalue weighted by Gasteiger charge is 2.31. The quantitative estimate of drug-likeness (QED) is 0.902. The predicted octanol–water partition coefficient (Wildman–Crippen LogP) is 1.96. The van der Waals surface area contributed by atoms with Crippen LogP contribution in [0.1, 0.15) is 35.2 Å². The molecule has 7 heteroatoms. The van der Waals surface area contributed by atoms with Crippen molar-refractivity contribution in [3.63, 3.8) is 0 Å². The fourth-order valence-corrected chi connectivity index (χ4v) is 3.67. The summed E-state index contributed by atoms with van der Waals surface area (Å²) in [6.45, 7) is 3.65. The molecule has 2 saturated heterocycles. The molecule has 2 unspecified atom stereocenters. The van der Waals surface area contributed by atoms with E-state index in [1.165, 1.54) is 19.2 Å². The van der Waals surface area contributed by atoms with Gasteiger partial charge in [-0.2, -0.15) is 5.10 Å². The molecule has 4 rings (SSSR count). The van der Waals surface area contributed by atoms with Crippen LogP contribution in [0.3, 0.4) is 0 Å². The number of fused-ring (bicyclic) bond motifs is 2. The number of benzene rings is 1. The molecular formula is C17H22ClN5O. The molecule has 128 valence electrons. The van der Waals surface area contributed by atoms with Crippen molar-refractivity contribution in [3.8, 4) is 5.69 Å². The number of carbonyl (C=O) groups excluding carboxylic acids is 1. The van der Waals surface area contributed by atoms with E-state index in [1.807, 2.05) is 30.0 Å². The van der Waals surface area contributed by atoms with Gasteiger partial charge in [0.05, 0.1) is 5.69 Å². The summed E-state index contributed by atoms with van der Waals surface area (Å²) in [6.07, 6.45) is 6.65. The van der Waals surface area contributed by atoms with Crippen LogP contribution in [0, 0.1) is 6.92 Å². The van der Waals surface area contributed by atoms with Crippen LogP contribution in [0.4, 0.5) is 0 Å². The molecule has 6 nitrogen and oxygen atoms in total. The second-order valence-electron chi connectivity index (χ2n) is 6.52. The SMILES string of the molecule is Cc1cc(-n2cncn2)ccc1C(=O)N1CCC2CCC(C1)N2.Cl. The normalized spacial score (nSPS) is 22.8. The summed E-state index contributed by atoms with van der Waals surface area (Å²) in [6, 6.07) is 6.88. The van der Waals surface area contributed by atoms with Gasteiger partial charge in [-0.15, -0.1) is 12.4 Å². The molecule has 2 atom stereocenters. The Morgan fingerprint density at radius 1 is 1.25 bits per heavy atom. The van der Waals surface area contributed by atoms with Gasteiger partial charge in [-0.1, -0.05) is 0 Å². The summed E-state index contributed by atoms with van der Waals surface area (Å²) < 4.78 is 1.70. The van der Waals surface area contributed by atoms with Gasteiger partial charge in [0.1, 0.15) is 12.7 Å². The average molecular weight is 348 g/mol. The highest BCUT2D eigenvalue weighted by molar-refractivity contribution is 5.96. The Morgan fingerprint density at radius 2 is 2.08 bits per heavy atom. The van der Waals surface area contributed by atoms with Crippen LogP contribution in [-0.4, -0.2) is 50.7 Å². The van der Waals surface area contributed by atoms with Crippen molar-refractivity contribution in [1.82, 2.24) is 25.0 Å².